The Hall–Kier alpha value is -3.23. The van der Waals surface area contributed by atoms with Gasteiger partial charge in [0.15, 0.2) is 0 Å². The van der Waals surface area contributed by atoms with E-state index in [9.17, 15) is 31.1 Å². The number of nitrogens with one attached hydrogen (secondary N) is 1. The number of alkyl halides is 6. The van der Waals surface area contributed by atoms with Crippen molar-refractivity contribution in [3.63, 3.8) is 0 Å². The molecule has 0 aliphatic carbocycles. The molecule has 164 valence electrons. The maximum Gasteiger partial charge on any atom is 0.416 e. The number of nitrogens with zero attached hydrogens (tertiary/aromatic N) is 1. The fraction of sp³-hybridized carbons (Fsp3) is 0.227. The normalized spacial score (nSPS) is 12.1. The molecule has 0 radical (unpaired) electrons. The van der Waals surface area contributed by atoms with Crippen molar-refractivity contribution in [1.82, 2.24) is 4.57 Å². The zero-order valence-electron chi connectivity index (χ0n) is 16.3. The van der Waals surface area contributed by atoms with E-state index >= 15 is 0 Å². The molecule has 3 nitrogen and oxygen atoms in total. The Kier molecular flexibility index (Phi) is 6.15. The number of anilines is 1. The van der Waals surface area contributed by atoms with E-state index in [4.69, 9.17) is 0 Å². The molecule has 1 aromatic heterocycles. The SMILES string of the molecule is Cc1cc(NCc2ccc(C(F)(F)F)cc2)cc(=O)n1Cc1ccc(C(F)(F)F)cc1. The van der Waals surface area contributed by atoms with Gasteiger partial charge in [-0.2, -0.15) is 26.3 Å². The molecule has 0 aliphatic rings. The van der Waals surface area contributed by atoms with Gasteiger partial charge in [-0.1, -0.05) is 24.3 Å². The molecule has 31 heavy (non-hydrogen) atoms. The lowest BCUT2D eigenvalue weighted by Crippen LogP contribution is -2.23. The van der Waals surface area contributed by atoms with E-state index < -0.39 is 23.5 Å². The summed E-state index contributed by atoms with van der Waals surface area (Å²) in [5.74, 6) is 0. The molecule has 0 amide bonds. The van der Waals surface area contributed by atoms with Gasteiger partial charge in [0.05, 0.1) is 17.7 Å². The van der Waals surface area contributed by atoms with Crippen LogP contribution in [0.15, 0.2) is 65.5 Å². The predicted molar refractivity (Wildman–Crippen MR) is 105 cm³/mol. The van der Waals surface area contributed by atoms with Gasteiger partial charge in [-0.05, 0) is 48.4 Å². The number of benzene rings is 2. The molecule has 0 bridgehead atoms. The summed E-state index contributed by atoms with van der Waals surface area (Å²) in [7, 11) is 0. The molecule has 0 aliphatic heterocycles. The third-order valence-corrected chi connectivity index (χ3v) is 4.74. The maximum atomic E-state index is 12.7. The fourth-order valence-electron chi connectivity index (χ4n) is 3.03. The smallest absolute Gasteiger partial charge is 0.381 e. The van der Waals surface area contributed by atoms with Gasteiger partial charge in [0.25, 0.3) is 5.56 Å². The first-order chi connectivity index (χ1) is 14.4. The number of aryl methyl sites for hydroxylation is 1. The maximum absolute atomic E-state index is 12.7. The Bertz CT molecular complexity index is 1100. The van der Waals surface area contributed by atoms with E-state index in [1.165, 1.54) is 34.9 Å². The first-order valence-corrected chi connectivity index (χ1v) is 9.21. The van der Waals surface area contributed by atoms with Crippen LogP contribution in [0.2, 0.25) is 0 Å². The molecule has 0 saturated heterocycles. The topological polar surface area (TPSA) is 34.0 Å². The van der Waals surface area contributed by atoms with Crippen molar-refractivity contribution < 1.29 is 26.3 Å². The summed E-state index contributed by atoms with van der Waals surface area (Å²) in [6.45, 7) is 2.02. The van der Waals surface area contributed by atoms with Crippen LogP contribution < -0.4 is 10.9 Å². The van der Waals surface area contributed by atoms with Crippen molar-refractivity contribution in [2.75, 3.05) is 5.32 Å². The highest BCUT2D eigenvalue weighted by molar-refractivity contribution is 5.44. The van der Waals surface area contributed by atoms with Gasteiger partial charge in [0.1, 0.15) is 0 Å². The van der Waals surface area contributed by atoms with Gasteiger partial charge >= 0.3 is 12.4 Å². The molecule has 0 saturated carbocycles. The Labute approximate surface area is 174 Å². The Morgan fingerprint density at radius 3 is 1.71 bits per heavy atom. The molecule has 2 aromatic carbocycles. The highest BCUT2D eigenvalue weighted by Gasteiger charge is 2.30. The van der Waals surface area contributed by atoms with E-state index in [-0.39, 0.29) is 18.6 Å². The van der Waals surface area contributed by atoms with Crippen LogP contribution in [0, 0.1) is 6.92 Å². The zero-order valence-corrected chi connectivity index (χ0v) is 16.3. The average molecular weight is 440 g/mol. The van der Waals surface area contributed by atoms with Crippen LogP contribution in [0.5, 0.6) is 0 Å². The minimum atomic E-state index is -4.42. The van der Waals surface area contributed by atoms with E-state index in [2.05, 4.69) is 5.32 Å². The second kappa shape index (κ2) is 8.49. The van der Waals surface area contributed by atoms with Crippen molar-refractivity contribution in [3.05, 3.63) is 99.0 Å². The van der Waals surface area contributed by atoms with Crippen LogP contribution in [-0.2, 0) is 25.4 Å². The summed E-state index contributed by atoms with van der Waals surface area (Å²) < 4.78 is 77.3. The highest BCUT2D eigenvalue weighted by Crippen LogP contribution is 2.30. The monoisotopic (exact) mass is 440 g/mol. The van der Waals surface area contributed by atoms with Crippen LogP contribution in [-0.4, -0.2) is 4.57 Å². The summed E-state index contributed by atoms with van der Waals surface area (Å²) in [5.41, 5.74) is 0.382. The molecular weight excluding hydrogens is 422 g/mol. The van der Waals surface area contributed by atoms with Crippen LogP contribution in [0.25, 0.3) is 0 Å². The summed E-state index contributed by atoms with van der Waals surface area (Å²) in [5, 5.41) is 3.00. The Morgan fingerprint density at radius 2 is 1.26 bits per heavy atom. The molecule has 3 rings (SSSR count). The van der Waals surface area contributed by atoms with Crippen LogP contribution in [0.1, 0.15) is 27.9 Å². The van der Waals surface area contributed by atoms with Gasteiger partial charge in [-0.15, -0.1) is 0 Å². The number of hydrogen-bond donors (Lipinski definition) is 1. The molecule has 1 N–H and O–H groups in total. The largest absolute Gasteiger partial charge is 0.416 e. The van der Waals surface area contributed by atoms with Crippen molar-refractivity contribution in [3.8, 4) is 0 Å². The lowest BCUT2D eigenvalue weighted by Gasteiger charge is -2.14. The van der Waals surface area contributed by atoms with E-state index in [1.54, 1.807) is 13.0 Å². The number of rotatable bonds is 5. The number of aromatic nitrogens is 1. The van der Waals surface area contributed by atoms with Crippen LogP contribution in [0.3, 0.4) is 0 Å². The summed E-state index contributed by atoms with van der Waals surface area (Å²) in [4.78, 5) is 12.5. The minimum absolute atomic E-state index is 0.113. The van der Waals surface area contributed by atoms with E-state index in [0.717, 1.165) is 24.3 Å². The average Bonchev–Trinajstić information content (AvgIpc) is 2.68. The van der Waals surface area contributed by atoms with Gasteiger partial charge < -0.3 is 9.88 Å². The summed E-state index contributed by atoms with van der Waals surface area (Å²) in [6.07, 6.45) is -8.83. The Balaban J connectivity index is 1.69. The molecule has 0 spiro atoms. The van der Waals surface area contributed by atoms with E-state index in [0.29, 0.717) is 22.5 Å². The van der Waals surface area contributed by atoms with Crippen molar-refractivity contribution in [2.45, 2.75) is 32.4 Å². The van der Waals surface area contributed by atoms with Crippen LogP contribution >= 0.6 is 0 Å². The second-order valence-electron chi connectivity index (χ2n) is 7.05. The molecule has 0 fully saturated rings. The summed E-state index contributed by atoms with van der Waals surface area (Å²) >= 11 is 0. The Morgan fingerprint density at radius 1 is 0.774 bits per heavy atom. The predicted octanol–water partition coefficient (Wildman–Crippen LogP) is 5.85. The molecule has 0 unspecified atom stereocenters. The first-order valence-electron chi connectivity index (χ1n) is 9.21. The van der Waals surface area contributed by atoms with Crippen molar-refractivity contribution >= 4 is 5.69 Å². The molecular formula is C22H18F6N2O. The standard InChI is InChI=1S/C22H18F6N2O/c1-14-10-19(29-12-15-2-6-17(7-3-15)21(23,24)25)11-20(31)30(14)13-16-4-8-18(9-5-16)22(26,27)28/h2-11,29H,12-13H2,1H3. The van der Waals surface area contributed by atoms with Gasteiger partial charge in [-0.3, -0.25) is 4.79 Å². The minimum Gasteiger partial charge on any atom is -0.381 e. The highest BCUT2D eigenvalue weighted by atomic mass is 19.4. The zero-order chi connectivity index (χ0) is 22.8. The van der Waals surface area contributed by atoms with Crippen molar-refractivity contribution in [1.29, 1.82) is 0 Å². The van der Waals surface area contributed by atoms with Gasteiger partial charge in [-0.25, -0.2) is 0 Å². The summed E-state index contributed by atoms with van der Waals surface area (Å²) in [6, 6.07) is 12.3. The fourth-order valence-corrected chi connectivity index (χ4v) is 3.03. The lowest BCUT2D eigenvalue weighted by molar-refractivity contribution is -0.138. The number of pyridine rings is 1. The molecule has 3 aromatic rings. The first kappa shape index (κ1) is 22.5. The lowest BCUT2D eigenvalue weighted by atomic mass is 10.1. The number of hydrogen-bond acceptors (Lipinski definition) is 2. The molecule has 1 heterocycles. The van der Waals surface area contributed by atoms with Gasteiger partial charge in [0.2, 0.25) is 0 Å². The quantitative estimate of drug-likeness (QED) is 0.505. The van der Waals surface area contributed by atoms with E-state index in [1.807, 2.05) is 0 Å². The van der Waals surface area contributed by atoms with Crippen LogP contribution in [0.4, 0.5) is 32.0 Å². The van der Waals surface area contributed by atoms with Gasteiger partial charge in [0, 0.05) is 24.0 Å². The number of halogens is 6. The molecule has 0 atom stereocenters. The second-order valence-corrected chi connectivity index (χ2v) is 7.05. The third-order valence-electron chi connectivity index (χ3n) is 4.74. The van der Waals surface area contributed by atoms with Crippen molar-refractivity contribution in [2.24, 2.45) is 0 Å². The third kappa shape index (κ3) is 5.68. The molecule has 9 heteroatoms.